The van der Waals surface area contributed by atoms with Crippen molar-refractivity contribution in [3.63, 3.8) is 0 Å². The summed E-state index contributed by atoms with van der Waals surface area (Å²) >= 11 is 1.79. The number of piperidine rings is 1. The van der Waals surface area contributed by atoms with E-state index in [0.717, 1.165) is 32.2 Å². The molecule has 3 rings (SSSR count). The Bertz CT molecular complexity index is 637. The molecule has 2 heterocycles. The van der Waals surface area contributed by atoms with E-state index >= 15 is 0 Å². The van der Waals surface area contributed by atoms with Gasteiger partial charge in [0.2, 0.25) is 5.91 Å². The Kier molecular flexibility index (Phi) is 5.11. The van der Waals surface area contributed by atoms with E-state index in [1.54, 1.807) is 11.3 Å². The lowest BCUT2D eigenvalue weighted by Crippen LogP contribution is -2.46. The van der Waals surface area contributed by atoms with Crippen molar-refractivity contribution in [2.24, 2.45) is 0 Å². The molecule has 22 heavy (non-hydrogen) atoms. The average molecular weight is 316 g/mol. The molecule has 0 radical (unpaired) electrons. The van der Waals surface area contributed by atoms with Crippen LogP contribution >= 0.6 is 11.3 Å². The van der Waals surface area contributed by atoms with Crippen molar-refractivity contribution < 1.29 is 4.79 Å². The zero-order valence-corrected chi connectivity index (χ0v) is 13.9. The molecule has 1 amide bonds. The molecule has 1 aromatic heterocycles. The number of nitrogens with one attached hydrogen (secondary N) is 2. The Morgan fingerprint density at radius 1 is 1.41 bits per heavy atom. The van der Waals surface area contributed by atoms with Gasteiger partial charge in [0.1, 0.15) is 0 Å². The SMILES string of the molecule is CC1CC(NC(=O)CCCc2csc3ccccc23)CCN1. The molecule has 1 aliphatic heterocycles. The van der Waals surface area contributed by atoms with Crippen molar-refractivity contribution in [2.45, 2.75) is 51.1 Å². The first-order chi connectivity index (χ1) is 10.7. The van der Waals surface area contributed by atoms with Crippen LogP contribution in [0.1, 0.15) is 38.2 Å². The van der Waals surface area contributed by atoms with Crippen molar-refractivity contribution in [3.8, 4) is 0 Å². The van der Waals surface area contributed by atoms with E-state index < -0.39 is 0 Å². The van der Waals surface area contributed by atoms with Crippen LogP contribution in [0.2, 0.25) is 0 Å². The summed E-state index contributed by atoms with van der Waals surface area (Å²) in [6.07, 6.45) is 4.63. The largest absolute Gasteiger partial charge is 0.353 e. The molecule has 2 unspecified atom stereocenters. The van der Waals surface area contributed by atoms with Crippen molar-refractivity contribution >= 4 is 27.3 Å². The maximum Gasteiger partial charge on any atom is 0.220 e. The van der Waals surface area contributed by atoms with Crippen LogP contribution in [-0.2, 0) is 11.2 Å². The molecule has 118 valence electrons. The summed E-state index contributed by atoms with van der Waals surface area (Å²) in [6, 6.07) is 9.37. The van der Waals surface area contributed by atoms with Gasteiger partial charge in [-0.3, -0.25) is 4.79 Å². The topological polar surface area (TPSA) is 41.1 Å². The van der Waals surface area contributed by atoms with Crippen LogP contribution in [-0.4, -0.2) is 24.5 Å². The van der Waals surface area contributed by atoms with Gasteiger partial charge in [-0.15, -0.1) is 11.3 Å². The first-order valence-corrected chi connectivity index (χ1v) is 9.08. The molecule has 4 heteroatoms. The van der Waals surface area contributed by atoms with E-state index in [1.165, 1.54) is 15.6 Å². The van der Waals surface area contributed by atoms with Gasteiger partial charge in [0.15, 0.2) is 0 Å². The number of hydrogen-bond acceptors (Lipinski definition) is 3. The van der Waals surface area contributed by atoms with E-state index in [4.69, 9.17) is 0 Å². The molecule has 1 fully saturated rings. The summed E-state index contributed by atoms with van der Waals surface area (Å²) in [5.41, 5.74) is 1.38. The summed E-state index contributed by atoms with van der Waals surface area (Å²) in [6.45, 7) is 3.19. The lowest BCUT2D eigenvalue weighted by molar-refractivity contribution is -0.122. The van der Waals surface area contributed by atoms with E-state index in [0.29, 0.717) is 18.5 Å². The number of aryl methyl sites for hydroxylation is 1. The molecule has 2 N–H and O–H groups in total. The Morgan fingerprint density at radius 3 is 3.14 bits per heavy atom. The second-order valence-electron chi connectivity index (χ2n) is 6.25. The molecule has 3 nitrogen and oxygen atoms in total. The van der Waals surface area contributed by atoms with Gasteiger partial charge in [-0.05, 0) is 61.5 Å². The number of hydrogen-bond donors (Lipinski definition) is 2. The van der Waals surface area contributed by atoms with Gasteiger partial charge in [-0.2, -0.15) is 0 Å². The highest BCUT2D eigenvalue weighted by atomic mass is 32.1. The minimum atomic E-state index is 0.207. The Labute approximate surface area is 136 Å². The molecule has 0 spiro atoms. The van der Waals surface area contributed by atoms with E-state index in [2.05, 4.69) is 47.2 Å². The number of benzene rings is 1. The van der Waals surface area contributed by atoms with Crippen LogP contribution in [0, 0.1) is 0 Å². The smallest absolute Gasteiger partial charge is 0.220 e. The normalized spacial score (nSPS) is 21.9. The number of rotatable bonds is 5. The molecule has 0 saturated carbocycles. The third-order valence-electron chi connectivity index (χ3n) is 4.40. The van der Waals surface area contributed by atoms with Crippen molar-refractivity contribution in [2.75, 3.05) is 6.54 Å². The quantitative estimate of drug-likeness (QED) is 0.886. The van der Waals surface area contributed by atoms with Gasteiger partial charge in [-0.1, -0.05) is 18.2 Å². The predicted molar refractivity (Wildman–Crippen MR) is 93.4 cm³/mol. The molecule has 0 aliphatic carbocycles. The highest BCUT2D eigenvalue weighted by Crippen LogP contribution is 2.26. The number of fused-ring (bicyclic) bond motifs is 1. The van der Waals surface area contributed by atoms with Crippen LogP contribution < -0.4 is 10.6 Å². The highest BCUT2D eigenvalue weighted by molar-refractivity contribution is 7.17. The van der Waals surface area contributed by atoms with Crippen LogP contribution in [0.5, 0.6) is 0 Å². The monoisotopic (exact) mass is 316 g/mol. The zero-order chi connectivity index (χ0) is 15.4. The second kappa shape index (κ2) is 7.25. The number of carbonyl (C=O) groups excluding carboxylic acids is 1. The highest BCUT2D eigenvalue weighted by Gasteiger charge is 2.19. The molecule has 1 saturated heterocycles. The van der Waals surface area contributed by atoms with Gasteiger partial charge in [0, 0.05) is 23.2 Å². The summed E-state index contributed by atoms with van der Waals surface area (Å²) in [5.74, 6) is 0.207. The summed E-state index contributed by atoms with van der Waals surface area (Å²) in [7, 11) is 0. The van der Waals surface area contributed by atoms with Gasteiger partial charge in [0.05, 0.1) is 0 Å². The lowest BCUT2D eigenvalue weighted by Gasteiger charge is -2.28. The third kappa shape index (κ3) is 3.87. The van der Waals surface area contributed by atoms with E-state index in [1.807, 2.05) is 0 Å². The fourth-order valence-corrected chi connectivity index (χ4v) is 4.23. The van der Waals surface area contributed by atoms with E-state index in [-0.39, 0.29) is 5.91 Å². The number of thiophene rings is 1. The maximum atomic E-state index is 12.1. The molecule has 0 bridgehead atoms. The molecule has 1 aromatic carbocycles. The van der Waals surface area contributed by atoms with Gasteiger partial charge in [0.25, 0.3) is 0 Å². The summed E-state index contributed by atoms with van der Waals surface area (Å²) < 4.78 is 1.34. The fourth-order valence-electron chi connectivity index (χ4n) is 3.23. The second-order valence-corrected chi connectivity index (χ2v) is 7.17. The van der Waals surface area contributed by atoms with Crippen LogP contribution in [0.15, 0.2) is 29.6 Å². The lowest BCUT2D eigenvalue weighted by atomic mass is 10.0. The van der Waals surface area contributed by atoms with Gasteiger partial charge < -0.3 is 10.6 Å². The fraction of sp³-hybridized carbons (Fsp3) is 0.500. The Balaban J connectivity index is 1.45. The van der Waals surface area contributed by atoms with Gasteiger partial charge in [-0.25, -0.2) is 0 Å². The van der Waals surface area contributed by atoms with Gasteiger partial charge >= 0.3 is 0 Å². The van der Waals surface area contributed by atoms with Crippen LogP contribution in [0.3, 0.4) is 0 Å². The molecule has 2 aromatic rings. The minimum absolute atomic E-state index is 0.207. The van der Waals surface area contributed by atoms with Crippen molar-refractivity contribution in [1.29, 1.82) is 0 Å². The average Bonchev–Trinajstić information content (AvgIpc) is 2.91. The first-order valence-electron chi connectivity index (χ1n) is 8.20. The summed E-state index contributed by atoms with van der Waals surface area (Å²) in [4.78, 5) is 12.1. The predicted octanol–water partition coefficient (Wildman–Crippen LogP) is 3.48. The van der Waals surface area contributed by atoms with Crippen molar-refractivity contribution in [3.05, 3.63) is 35.2 Å². The Hall–Kier alpha value is -1.39. The zero-order valence-electron chi connectivity index (χ0n) is 13.1. The third-order valence-corrected chi connectivity index (χ3v) is 5.41. The first kappa shape index (κ1) is 15.5. The number of carbonyl (C=O) groups is 1. The number of amides is 1. The molecule has 2 atom stereocenters. The van der Waals surface area contributed by atoms with Crippen LogP contribution in [0.25, 0.3) is 10.1 Å². The standard InChI is InChI=1S/C18H24N2OS/c1-13-11-15(9-10-19-13)20-18(21)8-4-5-14-12-22-17-7-3-2-6-16(14)17/h2-3,6-7,12-13,15,19H,4-5,8-11H2,1H3,(H,20,21). The van der Waals surface area contributed by atoms with Crippen LogP contribution in [0.4, 0.5) is 0 Å². The van der Waals surface area contributed by atoms with Crippen molar-refractivity contribution in [1.82, 2.24) is 10.6 Å². The molecular formula is C18H24N2OS. The van der Waals surface area contributed by atoms with E-state index in [9.17, 15) is 4.79 Å². The maximum absolute atomic E-state index is 12.1. The minimum Gasteiger partial charge on any atom is -0.353 e. The molecular weight excluding hydrogens is 292 g/mol. The summed E-state index contributed by atoms with van der Waals surface area (Å²) in [5, 5.41) is 10.2. The Morgan fingerprint density at radius 2 is 2.27 bits per heavy atom. The molecule has 1 aliphatic rings.